The smallest absolute Gasteiger partial charge is 0.234 e. The van der Waals surface area contributed by atoms with Gasteiger partial charge in [0.2, 0.25) is 5.91 Å². The van der Waals surface area contributed by atoms with Crippen LogP contribution in [0.5, 0.6) is 0 Å². The molecule has 1 amide bonds. The standard InChI is InChI=1S/C15H11Cl3FNOS/c16-11-3-1-9(5-12(11)17)7-22-8-15(21)20-10-2-4-14(19)13(18)6-10/h1-6H,7-8H2,(H,20,21). The van der Waals surface area contributed by atoms with E-state index in [0.29, 0.717) is 21.5 Å². The molecule has 0 radical (unpaired) electrons. The number of anilines is 1. The number of hydrogen-bond donors (Lipinski definition) is 1. The van der Waals surface area contributed by atoms with Crippen LogP contribution in [0.25, 0.3) is 0 Å². The van der Waals surface area contributed by atoms with E-state index in [4.69, 9.17) is 34.8 Å². The number of benzene rings is 2. The topological polar surface area (TPSA) is 29.1 Å². The Kier molecular flexibility index (Phi) is 6.38. The van der Waals surface area contributed by atoms with Crippen molar-refractivity contribution in [3.05, 3.63) is 62.8 Å². The molecule has 0 aliphatic rings. The van der Waals surface area contributed by atoms with Crippen LogP contribution >= 0.6 is 46.6 Å². The van der Waals surface area contributed by atoms with E-state index in [2.05, 4.69) is 5.32 Å². The molecule has 0 fully saturated rings. The number of rotatable bonds is 5. The summed E-state index contributed by atoms with van der Waals surface area (Å²) in [5.41, 5.74) is 1.45. The summed E-state index contributed by atoms with van der Waals surface area (Å²) in [4.78, 5) is 11.8. The maximum Gasteiger partial charge on any atom is 0.234 e. The minimum Gasteiger partial charge on any atom is -0.325 e. The number of nitrogens with one attached hydrogen (secondary N) is 1. The number of carbonyl (C=O) groups excluding carboxylic acids is 1. The van der Waals surface area contributed by atoms with E-state index in [1.165, 1.54) is 30.0 Å². The Bertz CT molecular complexity index is 696. The normalized spacial score (nSPS) is 10.5. The van der Waals surface area contributed by atoms with Gasteiger partial charge in [-0.25, -0.2) is 4.39 Å². The Hall–Kier alpha value is -0.940. The van der Waals surface area contributed by atoms with Crippen LogP contribution in [0.3, 0.4) is 0 Å². The first kappa shape index (κ1) is 17.4. The average Bonchev–Trinajstić information content (AvgIpc) is 2.47. The van der Waals surface area contributed by atoms with Crippen LogP contribution in [0.15, 0.2) is 36.4 Å². The predicted octanol–water partition coefficient (Wildman–Crippen LogP) is 5.66. The molecule has 0 heterocycles. The molecule has 1 N–H and O–H groups in total. The third-order valence-electron chi connectivity index (χ3n) is 2.69. The van der Waals surface area contributed by atoms with Gasteiger partial charge in [-0.15, -0.1) is 11.8 Å². The fraction of sp³-hybridized carbons (Fsp3) is 0.133. The van der Waals surface area contributed by atoms with E-state index in [0.717, 1.165) is 5.56 Å². The molecule has 2 nitrogen and oxygen atoms in total. The van der Waals surface area contributed by atoms with Crippen LogP contribution in [-0.2, 0) is 10.5 Å². The number of thioether (sulfide) groups is 1. The van der Waals surface area contributed by atoms with E-state index in [1.54, 1.807) is 12.1 Å². The first-order valence-electron chi connectivity index (χ1n) is 6.22. The van der Waals surface area contributed by atoms with Gasteiger partial charge >= 0.3 is 0 Å². The number of halogens is 4. The summed E-state index contributed by atoms with van der Waals surface area (Å²) >= 11 is 18.9. The van der Waals surface area contributed by atoms with Crippen molar-refractivity contribution in [1.82, 2.24) is 0 Å². The van der Waals surface area contributed by atoms with Gasteiger partial charge in [0.25, 0.3) is 0 Å². The Balaban J connectivity index is 1.82. The van der Waals surface area contributed by atoms with Gasteiger partial charge in [0.05, 0.1) is 20.8 Å². The summed E-state index contributed by atoms with van der Waals surface area (Å²) in [7, 11) is 0. The zero-order valence-corrected chi connectivity index (χ0v) is 14.3. The molecule has 0 saturated carbocycles. The molecule has 2 rings (SSSR count). The highest BCUT2D eigenvalue weighted by Crippen LogP contribution is 2.25. The number of carbonyl (C=O) groups is 1. The summed E-state index contributed by atoms with van der Waals surface area (Å²) < 4.78 is 13.0. The van der Waals surface area contributed by atoms with Gasteiger partial charge in [-0.2, -0.15) is 0 Å². The highest BCUT2D eigenvalue weighted by molar-refractivity contribution is 7.99. The molecule has 2 aromatic rings. The molecule has 0 aromatic heterocycles. The summed E-state index contributed by atoms with van der Waals surface area (Å²) in [6.07, 6.45) is 0. The molecule has 22 heavy (non-hydrogen) atoms. The SMILES string of the molecule is O=C(CSCc1ccc(Cl)c(Cl)c1)Nc1ccc(F)c(Cl)c1. The third-order valence-corrected chi connectivity index (χ3v) is 4.72. The van der Waals surface area contributed by atoms with E-state index in [-0.39, 0.29) is 16.7 Å². The average molecular weight is 379 g/mol. The van der Waals surface area contributed by atoms with Crippen molar-refractivity contribution in [3.63, 3.8) is 0 Å². The molecule has 2 aromatic carbocycles. The molecule has 116 valence electrons. The third kappa shape index (κ3) is 5.06. The van der Waals surface area contributed by atoms with E-state index in [9.17, 15) is 9.18 Å². The molecule has 0 unspecified atom stereocenters. The quantitative estimate of drug-likeness (QED) is 0.727. The second kappa shape index (κ2) is 8.06. The maximum absolute atomic E-state index is 13.0. The van der Waals surface area contributed by atoms with Gasteiger partial charge in [0, 0.05) is 11.4 Å². The van der Waals surface area contributed by atoms with Gasteiger partial charge in [-0.3, -0.25) is 4.79 Å². The van der Waals surface area contributed by atoms with Gasteiger partial charge in [0.1, 0.15) is 5.82 Å². The molecule has 7 heteroatoms. The lowest BCUT2D eigenvalue weighted by Gasteiger charge is -2.06. The maximum atomic E-state index is 13.0. The van der Waals surface area contributed by atoms with Crippen LogP contribution in [0.1, 0.15) is 5.56 Å². The van der Waals surface area contributed by atoms with Crippen molar-refractivity contribution in [3.8, 4) is 0 Å². The fourth-order valence-corrected chi connectivity index (χ4v) is 2.94. The van der Waals surface area contributed by atoms with E-state index < -0.39 is 5.82 Å². The monoisotopic (exact) mass is 377 g/mol. The van der Waals surface area contributed by atoms with Crippen molar-refractivity contribution in [1.29, 1.82) is 0 Å². The highest BCUT2D eigenvalue weighted by Gasteiger charge is 2.06. The van der Waals surface area contributed by atoms with Gasteiger partial charge in [0.15, 0.2) is 0 Å². The Morgan fingerprint density at radius 1 is 1.05 bits per heavy atom. The minimum absolute atomic E-state index is 0.0266. The van der Waals surface area contributed by atoms with E-state index in [1.807, 2.05) is 6.07 Å². The predicted molar refractivity (Wildman–Crippen MR) is 92.7 cm³/mol. The largest absolute Gasteiger partial charge is 0.325 e. The lowest BCUT2D eigenvalue weighted by Crippen LogP contribution is -2.14. The Morgan fingerprint density at radius 3 is 2.50 bits per heavy atom. The molecular formula is C15H11Cl3FNOS. The molecular weight excluding hydrogens is 368 g/mol. The van der Waals surface area contributed by atoms with Gasteiger partial charge in [-0.05, 0) is 35.9 Å². The zero-order valence-electron chi connectivity index (χ0n) is 11.2. The summed E-state index contributed by atoms with van der Waals surface area (Å²) in [5.74, 6) is 0.186. The Morgan fingerprint density at radius 2 is 1.82 bits per heavy atom. The first-order chi connectivity index (χ1) is 10.5. The van der Waals surface area contributed by atoms with Gasteiger partial charge in [-0.1, -0.05) is 40.9 Å². The second-order valence-electron chi connectivity index (χ2n) is 4.42. The van der Waals surface area contributed by atoms with Crippen LogP contribution in [0.2, 0.25) is 15.1 Å². The van der Waals surface area contributed by atoms with Crippen LogP contribution in [0, 0.1) is 5.82 Å². The number of amides is 1. The fourth-order valence-electron chi connectivity index (χ4n) is 1.66. The summed E-state index contributed by atoms with van der Waals surface area (Å²) in [5, 5.41) is 3.62. The molecule has 0 saturated heterocycles. The van der Waals surface area contributed by atoms with Crippen LogP contribution in [-0.4, -0.2) is 11.7 Å². The van der Waals surface area contributed by atoms with Crippen molar-refractivity contribution >= 4 is 58.2 Å². The molecule has 0 atom stereocenters. The van der Waals surface area contributed by atoms with Crippen LogP contribution < -0.4 is 5.32 Å². The molecule has 0 aliphatic heterocycles. The van der Waals surface area contributed by atoms with Crippen molar-refractivity contribution in [2.45, 2.75) is 5.75 Å². The number of hydrogen-bond acceptors (Lipinski definition) is 2. The van der Waals surface area contributed by atoms with E-state index >= 15 is 0 Å². The zero-order chi connectivity index (χ0) is 16.1. The minimum atomic E-state index is -0.520. The second-order valence-corrected chi connectivity index (χ2v) is 6.63. The lowest BCUT2D eigenvalue weighted by atomic mass is 10.2. The molecule has 0 bridgehead atoms. The van der Waals surface area contributed by atoms with Crippen molar-refractivity contribution < 1.29 is 9.18 Å². The summed E-state index contributed by atoms with van der Waals surface area (Å²) in [6.45, 7) is 0. The van der Waals surface area contributed by atoms with Gasteiger partial charge < -0.3 is 5.32 Å². The first-order valence-corrected chi connectivity index (χ1v) is 8.51. The van der Waals surface area contributed by atoms with Crippen LogP contribution in [0.4, 0.5) is 10.1 Å². The summed E-state index contributed by atoms with van der Waals surface area (Å²) in [6, 6.07) is 9.40. The lowest BCUT2D eigenvalue weighted by molar-refractivity contribution is -0.113. The van der Waals surface area contributed by atoms with Crippen molar-refractivity contribution in [2.75, 3.05) is 11.1 Å². The highest BCUT2D eigenvalue weighted by atomic mass is 35.5. The Labute approximate surface area is 146 Å². The molecule has 0 spiro atoms. The molecule has 0 aliphatic carbocycles. The van der Waals surface area contributed by atoms with Crippen molar-refractivity contribution in [2.24, 2.45) is 0 Å².